The van der Waals surface area contributed by atoms with Crippen LogP contribution in [0.1, 0.15) is 46.9 Å². The summed E-state index contributed by atoms with van der Waals surface area (Å²) in [5.41, 5.74) is 2.45. The van der Waals surface area contributed by atoms with Gasteiger partial charge in [-0.1, -0.05) is 12.1 Å². The Balaban J connectivity index is 1.95. The number of hydrogen-bond donors (Lipinski definition) is 0. The van der Waals surface area contributed by atoms with Crippen molar-refractivity contribution in [3.05, 3.63) is 41.5 Å². The van der Waals surface area contributed by atoms with Gasteiger partial charge in [-0.25, -0.2) is 0 Å². The van der Waals surface area contributed by atoms with Crippen LogP contribution in [-0.2, 0) is 0 Å². The average Bonchev–Trinajstić information content (AvgIpc) is 2.60. The van der Waals surface area contributed by atoms with Crippen molar-refractivity contribution in [3.8, 4) is 0 Å². The predicted octanol–water partition coefficient (Wildman–Crippen LogP) is 3.45. The maximum atomic E-state index is 12.6. The van der Waals surface area contributed by atoms with Gasteiger partial charge in [0.2, 0.25) is 0 Å². The van der Waals surface area contributed by atoms with Crippen molar-refractivity contribution in [2.45, 2.75) is 26.2 Å². The summed E-state index contributed by atoms with van der Waals surface area (Å²) in [6, 6.07) is 9.75. The summed E-state index contributed by atoms with van der Waals surface area (Å²) in [5, 5.41) is 1.86. The topological polar surface area (TPSA) is 40.6 Å². The van der Waals surface area contributed by atoms with Crippen LogP contribution in [-0.4, -0.2) is 36.3 Å². The molecule has 0 atom stereocenters. The molecule has 0 bridgehead atoms. The summed E-state index contributed by atoms with van der Waals surface area (Å²) < 4.78 is 0. The van der Waals surface area contributed by atoms with Gasteiger partial charge < -0.3 is 4.90 Å². The second kappa shape index (κ2) is 5.37. The molecule has 4 nitrogen and oxygen atoms in total. The lowest BCUT2D eigenvalue weighted by Gasteiger charge is -2.32. The molecule has 0 aliphatic carbocycles. The number of imide groups is 1. The van der Waals surface area contributed by atoms with Crippen molar-refractivity contribution in [1.82, 2.24) is 4.90 Å². The minimum atomic E-state index is -0.175. The fourth-order valence-electron chi connectivity index (χ4n) is 3.83. The lowest BCUT2D eigenvalue weighted by atomic mass is 9.92. The highest BCUT2D eigenvalue weighted by Gasteiger charge is 2.32. The van der Waals surface area contributed by atoms with E-state index < -0.39 is 0 Å². The molecule has 1 fully saturated rings. The largest absolute Gasteiger partial charge is 0.371 e. The van der Waals surface area contributed by atoms with Gasteiger partial charge in [-0.2, -0.15) is 0 Å². The maximum absolute atomic E-state index is 12.6. The molecule has 4 rings (SSSR count). The molecular formula is C19H20N2O2. The van der Waals surface area contributed by atoms with E-state index in [0.717, 1.165) is 29.5 Å². The molecule has 4 heteroatoms. The molecule has 118 valence electrons. The van der Waals surface area contributed by atoms with E-state index in [-0.39, 0.29) is 11.8 Å². The van der Waals surface area contributed by atoms with Crippen LogP contribution >= 0.6 is 0 Å². The molecule has 1 saturated heterocycles. The molecule has 0 radical (unpaired) electrons. The van der Waals surface area contributed by atoms with Crippen LogP contribution in [0.5, 0.6) is 0 Å². The number of amides is 2. The van der Waals surface area contributed by atoms with E-state index in [1.54, 1.807) is 0 Å². The Bertz CT molecular complexity index is 784. The highest BCUT2D eigenvalue weighted by Crippen LogP contribution is 2.36. The van der Waals surface area contributed by atoms with Gasteiger partial charge in [-0.3, -0.25) is 14.5 Å². The number of piperidine rings is 1. The Labute approximate surface area is 135 Å². The number of carbonyl (C=O) groups excluding carboxylic acids is 2. The molecule has 2 amide bonds. The van der Waals surface area contributed by atoms with Crippen LogP contribution in [0.15, 0.2) is 30.3 Å². The Kier molecular flexibility index (Phi) is 3.33. The third-order valence-corrected chi connectivity index (χ3v) is 4.98. The van der Waals surface area contributed by atoms with Crippen LogP contribution in [0, 0.1) is 0 Å². The molecule has 0 aromatic heterocycles. The summed E-state index contributed by atoms with van der Waals surface area (Å²) in [6.07, 6.45) is 3.68. The fraction of sp³-hybridized carbons (Fsp3) is 0.368. The zero-order valence-corrected chi connectivity index (χ0v) is 13.3. The standard InChI is InChI=1S/C19H20N2O2/c1-2-21-18(22)14-8-6-7-13-16(20-11-4-3-5-12-20)10-9-15(17(13)14)19(21)23/h6-10H,2-5,11-12H2,1H3. The Morgan fingerprint density at radius 3 is 2.30 bits per heavy atom. The summed E-state index contributed by atoms with van der Waals surface area (Å²) in [6.45, 7) is 4.33. The summed E-state index contributed by atoms with van der Waals surface area (Å²) in [4.78, 5) is 29.0. The SMILES string of the molecule is CCN1C(=O)c2cccc3c(N4CCCCC4)ccc(c23)C1=O. The second-order valence-electron chi connectivity index (χ2n) is 6.26. The second-order valence-corrected chi connectivity index (χ2v) is 6.26. The minimum Gasteiger partial charge on any atom is -0.371 e. The van der Waals surface area contributed by atoms with Gasteiger partial charge in [-0.15, -0.1) is 0 Å². The van der Waals surface area contributed by atoms with Crippen molar-refractivity contribution in [2.75, 3.05) is 24.5 Å². The zero-order chi connectivity index (χ0) is 16.0. The third kappa shape index (κ3) is 2.05. The molecule has 2 heterocycles. The number of nitrogens with zero attached hydrogens (tertiary/aromatic N) is 2. The number of rotatable bonds is 2. The van der Waals surface area contributed by atoms with E-state index in [1.165, 1.54) is 24.2 Å². The van der Waals surface area contributed by atoms with Crippen molar-refractivity contribution in [3.63, 3.8) is 0 Å². The smallest absolute Gasteiger partial charge is 0.261 e. The highest BCUT2D eigenvalue weighted by atomic mass is 16.2. The van der Waals surface area contributed by atoms with Gasteiger partial charge in [0.15, 0.2) is 0 Å². The molecule has 2 aliphatic rings. The van der Waals surface area contributed by atoms with Crippen LogP contribution in [0.2, 0.25) is 0 Å². The number of benzene rings is 2. The van der Waals surface area contributed by atoms with Gasteiger partial charge in [-0.05, 0) is 44.4 Å². The molecular weight excluding hydrogens is 288 g/mol. The quantitative estimate of drug-likeness (QED) is 0.798. The Morgan fingerprint density at radius 1 is 0.913 bits per heavy atom. The molecule has 0 spiro atoms. The van der Waals surface area contributed by atoms with Crippen LogP contribution in [0.3, 0.4) is 0 Å². The lowest BCUT2D eigenvalue weighted by molar-refractivity contribution is 0.0619. The first kappa shape index (κ1) is 14.2. The molecule has 0 N–H and O–H groups in total. The van der Waals surface area contributed by atoms with Crippen LogP contribution < -0.4 is 4.90 Å². The van der Waals surface area contributed by atoms with Gasteiger partial charge in [0.25, 0.3) is 11.8 Å². The average molecular weight is 308 g/mol. The zero-order valence-electron chi connectivity index (χ0n) is 13.3. The minimum absolute atomic E-state index is 0.175. The summed E-state index contributed by atoms with van der Waals surface area (Å²) in [7, 11) is 0. The first-order chi connectivity index (χ1) is 11.2. The van der Waals surface area contributed by atoms with Gasteiger partial charge in [0.05, 0.1) is 0 Å². The van der Waals surface area contributed by atoms with E-state index in [0.29, 0.717) is 17.7 Å². The predicted molar refractivity (Wildman–Crippen MR) is 91.1 cm³/mol. The van der Waals surface area contributed by atoms with Gasteiger partial charge in [0.1, 0.15) is 0 Å². The summed E-state index contributed by atoms with van der Waals surface area (Å²) in [5.74, 6) is -0.349. The number of hydrogen-bond acceptors (Lipinski definition) is 3. The van der Waals surface area contributed by atoms with Crippen molar-refractivity contribution >= 4 is 28.3 Å². The molecule has 2 aliphatic heterocycles. The number of carbonyl (C=O) groups is 2. The molecule has 23 heavy (non-hydrogen) atoms. The van der Waals surface area contributed by atoms with Crippen LogP contribution in [0.4, 0.5) is 5.69 Å². The monoisotopic (exact) mass is 308 g/mol. The van der Waals surface area contributed by atoms with Gasteiger partial charge >= 0.3 is 0 Å². The van der Waals surface area contributed by atoms with E-state index in [1.807, 2.05) is 37.3 Å². The van der Waals surface area contributed by atoms with Crippen molar-refractivity contribution in [1.29, 1.82) is 0 Å². The first-order valence-corrected chi connectivity index (χ1v) is 8.39. The maximum Gasteiger partial charge on any atom is 0.261 e. The highest BCUT2D eigenvalue weighted by molar-refractivity contribution is 6.26. The number of anilines is 1. The molecule has 0 saturated carbocycles. The molecule has 2 aromatic rings. The van der Waals surface area contributed by atoms with E-state index >= 15 is 0 Å². The van der Waals surface area contributed by atoms with E-state index in [4.69, 9.17) is 0 Å². The van der Waals surface area contributed by atoms with E-state index in [9.17, 15) is 9.59 Å². The van der Waals surface area contributed by atoms with Gasteiger partial charge in [0, 0.05) is 47.2 Å². The third-order valence-electron chi connectivity index (χ3n) is 4.98. The Morgan fingerprint density at radius 2 is 1.61 bits per heavy atom. The molecule has 2 aromatic carbocycles. The summed E-state index contributed by atoms with van der Waals surface area (Å²) >= 11 is 0. The van der Waals surface area contributed by atoms with E-state index in [2.05, 4.69) is 4.90 Å². The first-order valence-electron chi connectivity index (χ1n) is 8.39. The van der Waals surface area contributed by atoms with Crippen molar-refractivity contribution < 1.29 is 9.59 Å². The van der Waals surface area contributed by atoms with Crippen LogP contribution in [0.25, 0.3) is 10.8 Å². The lowest BCUT2D eigenvalue weighted by Crippen LogP contribution is -2.40. The fourth-order valence-corrected chi connectivity index (χ4v) is 3.83. The van der Waals surface area contributed by atoms with Crippen molar-refractivity contribution in [2.24, 2.45) is 0 Å². The molecule has 0 unspecified atom stereocenters. The Hall–Kier alpha value is -2.36. The normalized spacial score (nSPS) is 18.0.